The van der Waals surface area contributed by atoms with E-state index in [1.54, 1.807) is 11.8 Å². The number of anilines is 4. The number of rotatable bonds is 0. The Morgan fingerprint density at radius 2 is 1.28 bits per heavy atom. The van der Waals surface area contributed by atoms with Gasteiger partial charge in [0.25, 0.3) is 0 Å². The highest BCUT2D eigenvalue weighted by Gasteiger charge is 2.19. The molecule has 0 amide bonds. The summed E-state index contributed by atoms with van der Waals surface area (Å²) in [6.45, 7) is 0. The van der Waals surface area contributed by atoms with Crippen molar-refractivity contribution < 1.29 is 22.0 Å². The minimum absolute atomic E-state index is 0. The highest BCUT2D eigenvalue weighted by Crippen LogP contribution is 2.39. The van der Waals surface area contributed by atoms with Gasteiger partial charge in [-0.25, -0.2) is 4.99 Å². The number of nitrogens with zero attached hydrogens (tertiary/aromatic N) is 2. The molecule has 4 aromatic carbocycles. The zero-order chi connectivity index (χ0) is 30.6. The largest absolute Gasteiger partial charge is 1.00 e. The molecule has 1 N–H and O–H groups in total. The number of thioether (sulfide) groups is 1. The number of hydrogen-bond donors (Lipinski definition) is 1. The number of aliphatic imine (C=N–C) groups is 1. The molecule has 0 aliphatic carbocycles. The maximum absolute atomic E-state index is 9.67. The highest BCUT2D eigenvalue weighted by atomic mass is 32.2. The van der Waals surface area contributed by atoms with Crippen LogP contribution >= 0.6 is 24.0 Å². The van der Waals surface area contributed by atoms with E-state index >= 15 is 0 Å². The van der Waals surface area contributed by atoms with Gasteiger partial charge in [0.2, 0.25) is 0 Å². The number of nitrogens with one attached hydrogen (secondary N) is 1. The number of thiocarbonyl (C=S) groups is 1. The molecule has 0 fully saturated rings. The maximum Gasteiger partial charge on any atom is 0.762 e. The number of halogens is 4. The summed E-state index contributed by atoms with van der Waals surface area (Å²) < 4.78 is 31.6. The predicted octanol–water partition coefficient (Wildman–Crippen LogP) is 6.23. The molecule has 0 bridgehead atoms. The summed E-state index contributed by atoms with van der Waals surface area (Å²) in [6, 6.07) is 33.2. The van der Waals surface area contributed by atoms with E-state index < -0.39 is 7.54 Å². The molecular weight excluding hydrogens is 593 g/mol. The van der Waals surface area contributed by atoms with E-state index in [-0.39, 0.29) is 4.70 Å². The summed E-state index contributed by atoms with van der Waals surface area (Å²) in [7, 11) is 4.18. The molecular formula is C32H34BF4N3OS2. The second kappa shape index (κ2) is 17.5. The van der Waals surface area contributed by atoms with E-state index in [1.165, 1.54) is 16.8 Å². The summed E-state index contributed by atoms with van der Waals surface area (Å²) >= 11 is 7.17. The first kappa shape index (κ1) is 35.5. The molecule has 2 aliphatic rings. The van der Waals surface area contributed by atoms with Gasteiger partial charge in [0.1, 0.15) is 26.4 Å². The predicted molar refractivity (Wildman–Crippen MR) is 180 cm³/mol. The Bertz CT molecular complexity index is 1510. The van der Waals surface area contributed by atoms with Crippen LogP contribution in [0, 0.1) is 0 Å². The molecule has 0 unspecified atom stereocenters. The van der Waals surface area contributed by atoms with Crippen LogP contribution in [0.2, 0.25) is 0 Å². The van der Waals surface area contributed by atoms with E-state index in [4.69, 9.17) is 17.2 Å². The van der Waals surface area contributed by atoms with Crippen LogP contribution in [0.3, 0.4) is 0 Å². The Kier molecular flexibility index (Phi) is 14.4. The summed E-state index contributed by atoms with van der Waals surface area (Å²) in [5, 5.41) is 4.52. The highest BCUT2D eigenvalue weighted by molar-refractivity contribution is 8.13. The average Bonchev–Trinajstić information content (AvgIpc) is 3.19. The fraction of sp³-hybridized carbons (Fsp3) is 0.188. The van der Waals surface area contributed by atoms with Crippen molar-refractivity contribution in [3.05, 3.63) is 114 Å². The Labute approximate surface area is 261 Å². The van der Waals surface area contributed by atoms with Gasteiger partial charge in [-0.3, -0.25) is 12.9 Å². The van der Waals surface area contributed by atoms with Gasteiger partial charge in [0.15, 0.2) is 0 Å². The average molecular weight is 628 g/mol. The van der Waals surface area contributed by atoms with Gasteiger partial charge >= 0.3 is 7.54 Å². The first-order valence-electron chi connectivity index (χ1n) is 13.1. The molecule has 0 radical (unpaired) electrons. The Morgan fingerprint density at radius 1 is 0.791 bits per heavy atom. The number of fused-ring (bicyclic) bond motifs is 4. The lowest BCUT2D eigenvalue weighted by atomic mass is 10.0. The lowest BCUT2D eigenvalue weighted by Gasteiger charge is -2.21. The molecule has 2 heterocycles. The molecule has 0 saturated heterocycles. The van der Waals surface area contributed by atoms with Gasteiger partial charge < -0.3 is 19.3 Å². The van der Waals surface area contributed by atoms with E-state index in [0.29, 0.717) is 0 Å². The minimum Gasteiger partial charge on any atom is -1.00 e. The topological polar surface area (TPSA) is 30.3 Å². The summed E-state index contributed by atoms with van der Waals surface area (Å²) in [6.07, 6.45) is 2.92. The van der Waals surface area contributed by atoms with Crippen LogP contribution in [0.15, 0.2) is 102 Å². The summed E-state index contributed by atoms with van der Waals surface area (Å²) in [5.74, 6) is 0. The first-order valence-corrected chi connectivity index (χ1v) is 14.7. The summed E-state index contributed by atoms with van der Waals surface area (Å²) in [4.78, 5) is 8.00. The fourth-order valence-corrected chi connectivity index (χ4v) is 5.20. The van der Waals surface area contributed by atoms with Crippen LogP contribution in [0.25, 0.3) is 0 Å². The fourth-order valence-electron chi connectivity index (χ4n) is 4.29. The third-order valence-corrected chi connectivity index (χ3v) is 7.08. The molecule has 2 aliphatic heterocycles. The van der Waals surface area contributed by atoms with Crippen molar-refractivity contribution in [3.63, 3.8) is 0 Å². The van der Waals surface area contributed by atoms with Crippen LogP contribution in [0.5, 0.6) is 0 Å². The Balaban J connectivity index is 0.000000238. The van der Waals surface area contributed by atoms with Crippen molar-refractivity contribution in [1.29, 1.82) is 0 Å². The SMILES string of the molecule is CSC1=Nc2ccccc2N(C)c2ccccc21.C[O+](C)C.FB(F)F.S=C1Cc2ccccc2Nc2ccccc21.[F-]. The molecule has 0 atom stereocenters. The van der Waals surface area contributed by atoms with E-state index in [0.717, 1.165) is 44.6 Å². The molecule has 4 nitrogen and oxygen atoms in total. The molecule has 43 heavy (non-hydrogen) atoms. The minimum atomic E-state index is -3.67. The molecule has 226 valence electrons. The van der Waals surface area contributed by atoms with Crippen molar-refractivity contribution in [2.45, 2.75) is 6.42 Å². The second-order valence-electron chi connectivity index (χ2n) is 9.59. The number of hydrogen-bond acceptors (Lipinski definition) is 5. The van der Waals surface area contributed by atoms with Gasteiger partial charge in [0.05, 0.1) is 17.1 Å². The van der Waals surface area contributed by atoms with E-state index in [2.05, 4.69) is 101 Å². The Morgan fingerprint density at radius 3 is 1.91 bits per heavy atom. The van der Waals surface area contributed by atoms with E-state index in [9.17, 15) is 12.9 Å². The third kappa shape index (κ3) is 10.2. The quantitative estimate of drug-likeness (QED) is 0.109. The van der Waals surface area contributed by atoms with Crippen molar-refractivity contribution in [3.8, 4) is 0 Å². The second-order valence-corrected chi connectivity index (χ2v) is 10.9. The van der Waals surface area contributed by atoms with Gasteiger partial charge in [-0.15, -0.1) is 11.8 Å². The van der Waals surface area contributed by atoms with Crippen molar-refractivity contribution in [1.82, 2.24) is 0 Å². The van der Waals surface area contributed by atoms with Gasteiger partial charge in [-0.1, -0.05) is 78.9 Å². The summed E-state index contributed by atoms with van der Waals surface area (Å²) in [5.41, 5.74) is 9.26. The number of para-hydroxylation sites is 5. The van der Waals surface area contributed by atoms with Crippen LogP contribution in [-0.4, -0.2) is 52.1 Å². The normalized spacial score (nSPS) is 12.1. The Hall–Kier alpha value is -3.67. The van der Waals surface area contributed by atoms with Crippen LogP contribution in [0.1, 0.15) is 16.7 Å². The van der Waals surface area contributed by atoms with Gasteiger partial charge in [-0.2, -0.15) is 0 Å². The van der Waals surface area contributed by atoms with Crippen LogP contribution < -0.4 is 14.9 Å². The molecule has 4 aromatic rings. The zero-order valence-corrected chi connectivity index (χ0v) is 26.3. The smallest absolute Gasteiger partial charge is 0.762 e. The monoisotopic (exact) mass is 627 g/mol. The third-order valence-electron chi connectivity index (χ3n) is 6.02. The lowest BCUT2D eigenvalue weighted by Crippen LogP contribution is -3.00. The first-order chi connectivity index (χ1) is 20.1. The lowest BCUT2D eigenvalue weighted by molar-refractivity contribution is -0.00282. The molecule has 6 rings (SSSR count). The molecule has 0 saturated carbocycles. The zero-order valence-electron chi connectivity index (χ0n) is 24.7. The van der Waals surface area contributed by atoms with E-state index in [1.807, 2.05) is 45.6 Å². The van der Waals surface area contributed by atoms with Crippen LogP contribution in [0.4, 0.5) is 41.4 Å². The van der Waals surface area contributed by atoms with Crippen LogP contribution in [-0.2, 0) is 10.8 Å². The van der Waals surface area contributed by atoms with Crippen molar-refractivity contribution in [2.75, 3.05) is 44.8 Å². The number of benzene rings is 4. The maximum atomic E-state index is 9.67. The molecule has 0 aromatic heterocycles. The van der Waals surface area contributed by atoms with Gasteiger partial charge in [-0.05, 0) is 42.2 Å². The standard InChI is InChI=1S/C15H14N2S.C14H11NS.C3H9O.BF3.FH/c1-17-13-9-5-3-7-11(13)15(18-2)16-12-8-4-6-10-14(12)17;16-14-9-10-5-1-3-7-12(10)15-13-8-4-2-6-11(13)14;1-4(2)3;2-1(3)4;/h3-10H,1-2H3;1-8,15H,9H2;1-3H3;;1H/q;;+1;;/p-1. The van der Waals surface area contributed by atoms with Crippen molar-refractivity contribution >= 4 is 69.9 Å². The molecule has 11 heteroatoms. The molecule has 0 spiro atoms. The van der Waals surface area contributed by atoms with Crippen molar-refractivity contribution in [2.24, 2.45) is 4.99 Å². The van der Waals surface area contributed by atoms with Gasteiger partial charge in [0, 0.05) is 40.8 Å².